The Morgan fingerprint density at radius 2 is 1.95 bits per heavy atom. The number of amides is 1. The number of carboxylic acids is 1. The summed E-state index contributed by atoms with van der Waals surface area (Å²) in [5, 5.41) is 9.22. The van der Waals surface area contributed by atoms with E-state index in [9.17, 15) is 14.7 Å². The summed E-state index contributed by atoms with van der Waals surface area (Å²) in [6.45, 7) is 0. The highest BCUT2D eigenvalue weighted by atomic mass is 16.4. The van der Waals surface area contributed by atoms with Gasteiger partial charge in [-0.2, -0.15) is 0 Å². The van der Waals surface area contributed by atoms with Crippen LogP contribution in [0, 0.1) is 5.92 Å². The Bertz CT molecular complexity index is 531. The normalized spacial score (nSPS) is 29.4. The molecule has 3 unspecified atom stereocenters. The van der Waals surface area contributed by atoms with Crippen LogP contribution < -0.4 is 5.73 Å². The maximum atomic E-state index is 12.6. The second kappa shape index (κ2) is 4.90. The second-order valence-electron chi connectivity index (χ2n) is 5.61. The molecule has 4 atom stereocenters. The van der Waals surface area contributed by atoms with Crippen molar-refractivity contribution in [2.24, 2.45) is 11.7 Å². The number of nitrogens with zero attached hydrogens (tertiary/aromatic N) is 1. The van der Waals surface area contributed by atoms with Gasteiger partial charge in [-0.1, -0.05) is 30.3 Å². The van der Waals surface area contributed by atoms with Crippen LogP contribution in [0.2, 0.25) is 0 Å². The highest BCUT2D eigenvalue weighted by molar-refractivity contribution is 5.85. The van der Waals surface area contributed by atoms with Crippen molar-refractivity contribution in [1.29, 1.82) is 0 Å². The topological polar surface area (TPSA) is 83.6 Å². The highest BCUT2D eigenvalue weighted by Gasteiger charge is 2.52. The number of carboxylic acid groups (broad SMARTS) is 1. The Morgan fingerprint density at radius 1 is 1.25 bits per heavy atom. The van der Waals surface area contributed by atoms with E-state index < -0.39 is 17.9 Å². The van der Waals surface area contributed by atoms with Gasteiger partial charge >= 0.3 is 5.97 Å². The summed E-state index contributed by atoms with van der Waals surface area (Å²) >= 11 is 0. The Labute approximate surface area is 117 Å². The molecule has 2 bridgehead atoms. The quantitative estimate of drug-likeness (QED) is 0.866. The number of rotatable bonds is 3. The predicted molar refractivity (Wildman–Crippen MR) is 72.8 cm³/mol. The first-order valence-electron chi connectivity index (χ1n) is 6.95. The summed E-state index contributed by atoms with van der Waals surface area (Å²) in [6, 6.07) is 8.39. The summed E-state index contributed by atoms with van der Waals surface area (Å²) in [5.41, 5.74) is 6.83. The third-order valence-electron chi connectivity index (χ3n) is 4.53. The minimum absolute atomic E-state index is 0.0448. The van der Waals surface area contributed by atoms with E-state index in [4.69, 9.17) is 5.73 Å². The Morgan fingerprint density at radius 3 is 2.55 bits per heavy atom. The van der Waals surface area contributed by atoms with Gasteiger partial charge < -0.3 is 15.7 Å². The fraction of sp³-hybridized carbons (Fsp3) is 0.467. The molecular weight excluding hydrogens is 256 g/mol. The standard InChI is InChI=1S/C15H18N2O3/c16-13(9-4-2-1-3-5-9)14(18)17-10-6-7-12(17)11(8-10)15(19)20/h1-5,10-13H,6-8,16H2,(H,19,20)/t10?,11?,12?,13-/m1/s1. The molecule has 2 aliphatic rings. The Hall–Kier alpha value is -1.88. The van der Waals surface area contributed by atoms with Crippen molar-refractivity contribution in [3.63, 3.8) is 0 Å². The molecule has 2 heterocycles. The average molecular weight is 274 g/mol. The van der Waals surface area contributed by atoms with E-state index in [-0.39, 0.29) is 18.0 Å². The number of carbonyl (C=O) groups excluding carboxylic acids is 1. The second-order valence-corrected chi connectivity index (χ2v) is 5.61. The van der Waals surface area contributed by atoms with Crippen LogP contribution in [0.4, 0.5) is 0 Å². The molecule has 5 heteroatoms. The lowest BCUT2D eigenvalue weighted by Gasteiger charge is -2.26. The third-order valence-corrected chi connectivity index (χ3v) is 4.53. The molecule has 2 aliphatic heterocycles. The fourth-order valence-electron chi connectivity index (χ4n) is 3.56. The molecule has 1 aromatic carbocycles. The number of nitrogens with two attached hydrogens (primary N) is 1. The van der Waals surface area contributed by atoms with Gasteiger partial charge in [-0.05, 0) is 24.8 Å². The number of hydrogen-bond acceptors (Lipinski definition) is 3. The Kier molecular flexibility index (Phi) is 3.22. The van der Waals surface area contributed by atoms with Gasteiger partial charge in [0.05, 0.1) is 5.92 Å². The largest absolute Gasteiger partial charge is 0.481 e. The summed E-state index contributed by atoms with van der Waals surface area (Å²) in [4.78, 5) is 25.5. The number of benzene rings is 1. The molecule has 0 saturated carbocycles. The van der Waals surface area contributed by atoms with Crippen molar-refractivity contribution in [3.05, 3.63) is 35.9 Å². The van der Waals surface area contributed by atoms with E-state index in [0.717, 1.165) is 18.4 Å². The lowest BCUT2D eigenvalue weighted by molar-refractivity contribution is -0.143. The summed E-state index contributed by atoms with van der Waals surface area (Å²) in [5.74, 6) is -1.38. The molecule has 0 spiro atoms. The predicted octanol–water partition coefficient (Wildman–Crippen LogP) is 1.15. The van der Waals surface area contributed by atoms with Crippen LogP contribution in [0.15, 0.2) is 30.3 Å². The van der Waals surface area contributed by atoms with Crippen molar-refractivity contribution in [1.82, 2.24) is 4.90 Å². The van der Waals surface area contributed by atoms with E-state index in [1.54, 1.807) is 4.90 Å². The van der Waals surface area contributed by atoms with Crippen molar-refractivity contribution < 1.29 is 14.7 Å². The van der Waals surface area contributed by atoms with Crippen LogP contribution in [0.1, 0.15) is 30.9 Å². The van der Waals surface area contributed by atoms with E-state index in [0.29, 0.717) is 6.42 Å². The van der Waals surface area contributed by atoms with Crippen molar-refractivity contribution in [3.8, 4) is 0 Å². The minimum Gasteiger partial charge on any atom is -0.481 e. The van der Waals surface area contributed by atoms with E-state index in [1.807, 2.05) is 30.3 Å². The first-order chi connectivity index (χ1) is 9.59. The Balaban J connectivity index is 1.80. The third kappa shape index (κ3) is 1.98. The molecule has 2 fully saturated rings. The van der Waals surface area contributed by atoms with Crippen LogP contribution in [0.25, 0.3) is 0 Å². The number of fused-ring (bicyclic) bond motifs is 2. The molecule has 20 heavy (non-hydrogen) atoms. The first-order valence-corrected chi connectivity index (χ1v) is 6.95. The zero-order chi connectivity index (χ0) is 14.3. The molecule has 1 aromatic rings. The molecular formula is C15H18N2O3. The zero-order valence-corrected chi connectivity index (χ0v) is 11.1. The van der Waals surface area contributed by atoms with Gasteiger partial charge in [0.1, 0.15) is 6.04 Å². The molecule has 0 radical (unpaired) electrons. The van der Waals surface area contributed by atoms with Crippen LogP contribution in [-0.2, 0) is 9.59 Å². The molecule has 3 rings (SSSR count). The van der Waals surface area contributed by atoms with Gasteiger partial charge in [-0.25, -0.2) is 0 Å². The summed E-state index contributed by atoms with van der Waals surface area (Å²) in [7, 11) is 0. The lowest BCUT2D eigenvalue weighted by atomic mass is 9.89. The molecule has 106 valence electrons. The van der Waals surface area contributed by atoms with Crippen molar-refractivity contribution in [2.45, 2.75) is 37.4 Å². The van der Waals surface area contributed by atoms with Gasteiger partial charge in [0.25, 0.3) is 0 Å². The number of carbonyl (C=O) groups is 2. The monoisotopic (exact) mass is 274 g/mol. The number of hydrogen-bond donors (Lipinski definition) is 2. The zero-order valence-electron chi connectivity index (χ0n) is 11.1. The molecule has 1 amide bonds. The van der Waals surface area contributed by atoms with E-state index >= 15 is 0 Å². The smallest absolute Gasteiger partial charge is 0.308 e. The summed E-state index contributed by atoms with van der Waals surface area (Å²) in [6.07, 6.45) is 2.23. The molecule has 0 aliphatic carbocycles. The minimum atomic E-state index is -0.803. The molecule has 3 N–H and O–H groups in total. The van der Waals surface area contributed by atoms with Gasteiger partial charge in [-0.15, -0.1) is 0 Å². The highest BCUT2D eigenvalue weighted by Crippen LogP contribution is 2.42. The van der Waals surface area contributed by atoms with Crippen molar-refractivity contribution in [2.75, 3.05) is 0 Å². The maximum absolute atomic E-state index is 12.6. The molecule has 2 saturated heterocycles. The van der Waals surface area contributed by atoms with Crippen LogP contribution in [0.3, 0.4) is 0 Å². The molecule has 0 aromatic heterocycles. The van der Waals surface area contributed by atoms with E-state index in [2.05, 4.69) is 0 Å². The average Bonchev–Trinajstić information content (AvgIpc) is 3.04. The van der Waals surface area contributed by atoms with Crippen LogP contribution >= 0.6 is 0 Å². The summed E-state index contributed by atoms with van der Waals surface area (Å²) < 4.78 is 0. The van der Waals surface area contributed by atoms with Gasteiger partial charge in [0.2, 0.25) is 5.91 Å². The maximum Gasteiger partial charge on any atom is 0.308 e. The number of aliphatic carboxylic acids is 1. The van der Waals surface area contributed by atoms with Crippen LogP contribution in [0.5, 0.6) is 0 Å². The first kappa shape index (κ1) is 13.1. The van der Waals surface area contributed by atoms with Gasteiger partial charge in [0.15, 0.2) is 0 Å². The van der Waals surface area contributed by atoms with Crippen LogP contribution in [-0.4, -0.2) is 34.0 Å². The van der Waals surface area contributed by atoms with E-state index in [1.165, 1.54) is 0 Å². The molecule has 5 nitrogen and oxygen atoms in total. The van der Waals surface area contributed by atoms with Gasteiger partial charge in [0, 0.05) is 12.1 Å². The lowest BCUT2D eigenvalue weighted by Crippen LogP contribution is -2.43. The van der Waals surface area contributed by atoms with Crippen molar-refractivity contribution >= 4 is 11.9 Å². The van der Waals surface area contributed by atoms with Gasteiger partial charge in [-0.3, -0.25) is 9.59 Å². The fourth-order valence-corrected chi connectivity index (χ4v) is 3.56. The SMILES string of the molecule is N[C@@H](C(=O)N1C2CCC1C(C(=O)O)C2)c1ccccc1.